The number of rotatable bonds is 10. The van der Waals surface area contributed by atoms with Gasteiger partial charge in [0.15, 0.2) is 15.5 Å². The second-order valence-corrected chi connectivity index (χ2v) is 11.7. The highest BCUT2D eigenvalue weighted by molar-refractivity contribution is 7.94. The van der Waals surface area contributed by atoms with Crippen LogP contribution in [0.25, 0.3) is 0 Å². The molecule has 0 radical (unpaired) electrons. The van der Waals surface area contributed by atoms with Crippen LogP contribution in [0.2, 0.25) is 0 Å². The summed E-state index contributed by atoms with van der Waals surface area (Å²) < 4.78 is 36.8. The fourth-order valence-electron chi connectivity index (χ4n) is 4.14. The van der Waals surface area contributed by atoms with Gasteiger partial charge in [0.1, 0.15) is 5.69 Å². The molecule has 0 bridgehead atoms. The van der Waals surface area contributed by atoms with Crippen molar-refractivity contribution in [3.05, 3.63) is 29.6 Å². The normalized spacial score (nSPS) is 17.9. The number of ether oxygens (including phenoxy) is 2. The Balaban J connectivity index is 1.81. The number of esters is 1. The molecule has 31 heavy (non-hydrogen) atoms. The predicted octanol–water partition coefficient (Wildman–Crippen LogP) is 1.52. The number of nitrogens with zero attached hydrogens (tertiary/aromatic N) is 3. The molecule has 0 spiro atoms. The number of amides is 1. The van der Waals surface area contributed by atoms with Crippen molar-refractivity contribution in [1.82, 2.24) is 14.7 Å². The Bertz CT molecular complexity index is 991. The summed E-state index contributed by atoms with van der Waals surface area (Å²) in [6.07, 6.45) is 3.02. The average Bonchev–Trinajstić information content (AvgIpc) is 3.41. The molecule has 9 nitrogen and oxygen atoms in total. The predicted molar refractivity (Wildman–Crippen MR) is 115 cm³/mol. The third-order valence-corrected chi connectivity index (χ3v) is 9.26. The number of hydrogen-bond acceptors (Lipinski definition) is 7. The number of sulfone groups is 1. The molecule has 2 heterocycles. The summed E-state index contributed by atoms with van der Waals surface area (Å²) in [6, 6.07) is 0. The third-order valence-electron chi connectivity index (χ3n) is 6.01. The molecule has 1 amide bonds. The third kappa shape index (κ3) is 4.03. The van der Waals surface area contributed by atoms with Crippen molar-refractivity contribution < 1.29 is 27.5 Å². The van der Waals surface area contributed by atoms with Crippen LogP contribution in [-0.4, -0.2) is 77.4 Å². The minimum Gasteiger partial charge on any atom is -0.461 e. The Hall–Kier alpha value is -2.20. The highest BCUT2D eigenvalue weighted by Gasteiger charge is 2.61. The molecule has 0 saturated heterocycles. The van der Waals surface area contributed by atoms with Crippen molar-refractivity contribution in [2.75, 3.05) is 32.9 Å². The zero-order valence-corrected chi connectivity index (χ0v) is 19.5. The maximum Gasteiger partial charge on any atom is 0.359 e. The maximum absolute atomic E-state index is 13.5. The number of aryl methyl sites for hydroxylation is 1. The Morgan fingerprint density at radius 3 is 2.61 bits per heavy atom. The molecule has 1 aromatic heterocycles. The van der Waals surface area contributed by atoms with Crippen LogP contribution in [0, 0.1) is 0 Å². The fraction of sp³-hybridized carbons (Fsp3) is 0.667. The highest BCUT2D eigenvalue weighted by atomic mass is 32.2. The first-order valence-electron chi connectivity index (χ1n) is 10.5. The van der Waals surface area contributed by atoms with Crippen molar-refractivity contribution in [3.8, 4) is 0 Å². The maximum atomic E-state index is 13.5. The van der Waals surface area contributed by atoms with E-state index in [2.05, 4.69) is 11.7 Å². The summed E-state index contributed by atoms with van der Waals surface area (Å²) >= 11 is 0. The van der Waals surface area contributed by atoms with E-state index in [1.165, 1.54) is 4.68 Å². The zero-order valence-electron chi connectivity index (χ0n) is 18.6. The van der Waals surface area contributed by atoms with Gasteiger partial charge in [-0.2, -0.15) is 5.10 Å². The first-order valence-corrected chi connectivity index (χ1v) is 11.9. The lowest BCUT2D eigenvalue weighted by atomic mass is 10.0. The van der Waals surface area contributed by atoms with E-state index in [1.54, 1.807) is 38.8 Å². The smallest absolute Gasteiger partial charge is 0.359 e. The molecule has 1 saturated carbocycles. The van der Waals surface area contributed by atoms with Gasteiger partial charge in [-0.1, -0.05) is 6.08 Å². The molecule has 1 aliphatic carbocycles. The second-order valence-electron chi connectivity index (χ2n) is 8.75. The lowest BCUT2D eigenvalue weighted by Gasteiger charge is -2.35. The van der Waals surface area contributed by atoms with Crippen LogP contribution in [0.5, 0.6) is 0 Å². The highest BCUT2D eigenvalue weighted by Crippen LogP contribution is 2.49. The summed E-state index contributed by atoms with van der Waals surface area (Å²) in [5.74, 6) is -0.864. The Morgan fingerprint density at radius 2 is 2.03 bits per heavy atom. The van der Waals surface area contributed by atoms with Gasteiger partial charge in [0.2, 0.25) is 0 Å². The number of carbonyl (C=O) groups is 2. The molecular formula is C21H31N3O6S. The number of fused-ring (bicyclic) bond motifs is 1. The van der Waals surface area contributed by atoms with Gasteiger partial charge in [-0.25, -0.2) is 13.2 Å². The van der Waals surface area contributed by atoms with Crippen molar-refractivity contribution in [2.24, 2.45) is 7.05 Å². The summed E-state index contributed by atoms with van der Waals surface area (Å²) in [6.45, 7) is 9.63. The van der Waals surface area contributed by atoms with Crippen LogP contribution in [0.4, 0.5) is 0 Å². The average molecular weight is 454 g/mol. The van der Waals surface area contributed by atoms with Crippen LogP contribution < -0.4 is 0 Å². The second kappa shape index (κ2) is 8.38. The van der Waals surface area contributed by atoms with Gasteiger partial charge in [-0.15, -0.1) is 6.58 Å². The van der Waals surface area contributed by atoms with Crippen LogP contribution in [0.3, 0.4) is 0 Å². The van der Waals surface area contributed by atoms with Crippen molar-refractivity contribution in [1.29, 1.82) is 0 Å². The van der Waals surface area contributed by atoms with E-state index in [-0.39, 0.29) is 38.0 Å². The monoisotopic (exact) mass is 453 g/mol. The molecule has 0 atom stereocenters. The Kier molecular flexibility index (Phi) is 6.35. The van der Waals surface area contributed by atoms with Gasteiger partial charge in [0, 0.05) is 25.7 Å². The van der Waals surface area contributed by atoms with Crippen molar-refractivity contribution in [2.45, 2.75) is 49.5 Å². The van der Waals surface area contributed by atoms with Gasteiger partial charge in [-0.3, -0.25) is 9.48 Å². The van der Waals surface area contributed by atoms with Crippen LogP contribution in [0.15, 0.2) is 12.7 Å². The largest absolute Gasteiger partial charge is 0.461 e. The molecule has 0 aromatic carbocycles. The molecule has 0 unspecified atom stereocenters. The van der Waals surface area contributed by atoms with E-state index in [0.29, 0.717) is 37.1 Å². The molecule has 1 fully saturated rings. The summed E-state index contributed by atoms with van der Waals surface area (Å²) in [5.41, 5.74) is 1.03. The first-order chi connectivity index (χ1) is 14.5. The van der Waals surface area contributed by atoms with Gasteiger partial charge >= 0.3 is 5.97 Å². The molecule has 172 valence electrons. The standard InChI is InChI=1S/C21H31N3O6S/c1-6-12-29-14-20(3,4)31(27,28)21(9-10-21)13-24-11-8-15-16(19(26)30-7-2)22-23(5)17(15)18(24)25/h6H,1,7-14H2,2-5H3. The first kappa shape index (κ1) is 23.5. The molecule has 0 N–H and O–H groups in total. The lowest BCUT2D eigenvalue weighted by molar-refractivity contribution is 0.0517. The van der Waals surface area contributed by atoms with E-state index in [1.807, 2.05) is 0 Å². The lowest BCUT2D eigenvalue weighted by Crippen LogP contribution is -2.51. The van der Waals surface area contributed by atoms with Gasteiger partial charge in [0.05, 0.1) is 29.3 Å². The summed E-state index contributed by atoms with van der Waals surface area (Å²) in [7, 11) is -1.98. The van der Waals surface area contributed by atoms with Crippen LogP contribution in [0.1, 0.15) is 60.2 Å². The number of aromatic nitrogens is 2. The molecule has 2 aliphatic rings. The Morgan fingerprint density at radius 1 is 1.35 bits per heavy atom. The van der Waals surface area contributed by atoms with Gasteiger partial charge in [0.25, 0.3) is 5.91 Å². The number of hydrogen-bond donors (Lipinski definition) is 0. The van der Waals surface area contributed by atoms with Crippen LogP contribution in [-0.2, 0) is 32.8 Å². The molecule has 1 aromatic rings. The minimum atomic E-state index is -3.58. The fourth-order valence-corrected chi connectivity index (χ4v) is 6.51. The van der Waals surface area contributed by atoms with Crippen molar-refractivity contribution in [3.63, 3.8) is 0 Å². The quantitative estimate of drug-likeness (QED) is 0.300. The summed E-state index contributed by atoms with van der Waals surface area (Å²) in [5, 5.41) is 4.19. The topological polar surface area (TPSA) is 108 Å². The number of carbonyl (C=O) groups excluding carboxylic acids is 2. The van der Waals surface area contributed by atoms with Gasteiger partial charge < -0.3 is 14.4 Å². The Labute approximate surface area is 183 Å². The summed E-state index contributed by atoms with van der Waals surface area (Å²) in [4.78, 5) is 27.0. The van der Waals surface area contributed by atoms with Crippen molar-refractivity contribution >= 4 is 21.7 Å². The molecular weight excluding hydrogens is 422 g/mol. The molecule has 1 aliphatic heterocycles. The minimum absolute atomic E-state index is 0.0613. The SMILES string of the molecule is C=CCOCC(C)(C)S(=O)(=O)C1(CN2CCc3c(C(=O)OCC)nn(C)c3C2=O)CC1. The van der Waals surface area contributed by atoms with E-state index in [4.69, 9.17) is 9.47 Å². The van der Waals surface area contributed by atoms with Gasteiger partial charge in [-0.05, 0) is 40.0 Å². The molecule has 10 heteroatoms. The zero-order chi connectivity index (χ0) is 23.0. The van der Waals surface area contributed by atoms with E-state index in [9.17, 15) is 18.0 Å². The van der Waals surface area contributed by atoms with E-state index < -0.39 is 25.3 Å². The molecule has 3 rings (SSSR count). The van der Waals surface area contributed by atoms with E-state index in [0.717, 1.165) is 0 Å². The van der Waals surface area contributed by atoms with E-state index >= 15 is 0 Å². The van der Waals surface area contributed by atoms with Crippen LogP contribution >= 0.6 is 0 Å².